The number of ether oxygens (including phenoxy) is 2. The largest absolute Gasteiger partial charge is 0.392 e. The second-order valence-corrected chi connectivity index (χ2v) is 14.9. The first-order valence-electron chi connectivity index (χ1n) is 19.6. The smallest absolute Gasteiger partial charge is 0.326 e. The van der Waals surface area contributed by atoms with E-state index in [1.165, 1.54) is 6.20 Å². The van der Waals surface area contributed by atoms with Crippen LogP contribution in [0.4, 0.5) is 0 Å². The number of hydrogen-bond acceptors (Lipinski definition) is 8. The van der Waals surface area contributed by atoms with Gasteiger partial charge in [0.05, 0.1) is 47.1 Å². The van der Waals surface area contributed by atoms with Crippen molar-refractivity contribution in [3.63, 3.8) is 0 Å². The van der Waals surface area contributed by atoms with Crippen LogP contribution >= 0.6 is 0 Å². The van der Waals surface area contributed by atoms with Gasteiger partial charge in [0.15, 0.2) is 6.29 Å². The number of benzene rings is 5. The fourth-order valence-corrected chi connectivity index (χ4v) is 8.23. The van der Waals surface area contributed by atoms with Crippen LogP contribution in [0.1, 0.15) is 70.4 Å². The zero-order valence-electron chi connectivity index (χ0n) is 31.5. The Morgan fingerprint density at radius 1 is 0.825 bits per heavy atom. The Morgan fingerprint density at radius 3 is 2.35 bits per heavy atom. The third-order valence-corrected chi connectivity index (χ3v) is 11.3. The van der Waals surface area contributed by atoms with Crippen LogP contribution < -0.4 is 11.0 Å². The molecule has 2 fully saturated rings. The molecule has 2 saturated heterocycles. The number of H-pyrrole nitrogens is 1. The number of carbonyl (C=O) groups excluding carboxylic acids is 1. The Balaban J connectivity index is 0.893. The van der Waals surface area contributed by atoms with Gasteiger partial charge in [0.1, 0.15) is 5.69 Å². The number of likely N-dealkylation sites (tertiary alicyclic amines) is 1. The van der Waals surface area contributed by atoms with Crippen molar-refractivity contribution in [1.29, 1.82) is 0 Å². The van der Waals surface area contributed by atoms with E-state index < -0.39 is 6.29 Å². The topological polar surface area (TPSA) is 135 Å². The average molecular weight is 761 g/mol. The number of fused-ring (bicyclic) bond motifs is 2. The molecule has 2 aromatic heterocycles. The van der Waals surface area contributed by atoms with E-state index in [9.17, 15) is 14.7 Å². The molecule has 57 heavy (non-hydrogen) atoms. The van der Waals surface area contributed by atoms with Crippen LogP contribution in [0.15, 0.2) is 132 Å². The van der Waals surface area contributed by atoms with Gasteiger partial charge >= 0.3 is 5.69 Å². The van der Waals surface area contributed by atoms with Crippen LogP contribution in [0.25, 0.3) is 33.2 Å². The molecule has 7 aromatic rings. The molecule has 288 valence electrons. The van der Waals surface area contributed by atoms with Crippen molar-refractivity contribution < 1.29 is 19.4 Å². The fourth-order valence-electron chi connectivity index (χ4n) is 8.23. The van der Waals surface area contributed by atoms with E-state index in [-0.39, 0.29) is 42.1 Å². The van der Waals surface area contributed by atoms with Gasteiger partial charge in [0, 0.05) is 44.2 Å². The molecule has 0 unspecified atom stereocenters. The number of nitrogens with one attached hydrogen (secondary N) is 2. The van der Waals surface area contributed by atoms with Gasteiger partial charge in [0.2, 0.25) is 0 Å². The third kappa shape index (κ3) is 7.88. The highest BCUT2D eigenvalue weighted by molar-refractivity contribution is 5.93. The van der Waals surface area contributed by atoms with Crippen molar-refractivity contribution in [3.05, 3.63) is 166 Å². The summed E-state index contributed by atoms with van der Waals surface area (Å²) in [5, 5.41) is 12.7. The summed E-state index contributed by atoms with van der Waals surface area (Å²) in [4.78, 5) is 40.3. The van der Waals surface area contributed by atoms with Crippen molar-refractivity contribution in [1.82, 2.24) is 29.7 Å². The summed E-state index contributed by atoms with van der Waals surface area (Å²) in [7, 11) is 0. The molecule has 5 aromatic carbocycles. The number of aromatic nitrogens is 4. The number of para-hydroxylation sites is 4. The maximum Gasteiger partial charge on any atom is 0.326 e. The first-order chi connectivity index (χ1) is 28.0. The maximum atomic E-state index is 13.1. The third-order valence-electron chi connectivity index (χ3n) is 11.3. The molecular weight excluding hydrogens is 717 g/mol. The maximum absolute atomic E-state index is 13.1. The highest BCUT2D eigenvalue weighted by Crippen LogP contribution is 2.39. The molecule has 3 N–H and O–H groups in total. The molecule has 9 rings (SSSR count). The highest BCUT2D eigenvalue weighted by atomic mass is 16.7. The van der Waals surface area contributed by atoms with Crippen molar-refractivity contribution in [3.8, 4) is 11.1 Å². The molecule has 0 bridgehead atoms. The van der Waals surface area contributed by atoms with Crippen LogP contribution in [0.3, 0.4) is 0 Å². The van der Waals surface area contributed by atoms with Gasteiger partial charge in [-0.2, -0.15) is 0 Å². The van der Waals surface area contributed by atoms with Crippen LogP contribution in [-0.2, 0) is 22.6 Å². The Labute approximate surface area is 329 Å². The Bertz CT molecular complexity index is 2560. The quantitative estimate of drug-likeness (QED) is 0.133. The van der Waals surface area contributed by atoms with Crippen LogP contribution in [-0.4, -0.2) is 61.2 Å². The van der Waals surface area contributed by atoms with Gasteiger partial charge in [0.25, 0.3) is 5.91 Å². The number of amides is 1. The van der Waals surface area contributed by atoms with E-state index in [1.54, 1.807) is 0 Å². The van der Waals surface area contributed by atoms with Crippen molar-refractivity contribution in [2.45, 2.75) is 57.0 Å². The molecule has 2 aliphatic heterocycles. The minimum absolute atomic E-state index is 0.0121. The standard InChI is InChI=1S/C46H44N6O5/c53-29-30-13-15-32(16-14-30)43-25-36(28-51-23-21-35(22-24-51)52-42-12-6-5-11-40(42)50-46(52)55)56-45(57-43)33-19-17-31(18-20-33)37-8-2-1-7-34(37)26-48-44(54)41-27-47-38-9-3-4-10-39(38)49-41/h1-20,27,35-36,43,45,53H,21-26,28-29H2,(H,48,54)(H,50,55)/t36-,43+,45+/m1/s1. The summed E-state index contributed by atoms with van der Waals surface area (Å²) < 4.78 is 15.3. The lowest BCUT2D eigenvalue weighted by Gasteiger charge is -2.40. The minimum Gasteiger partial charge on any atom is -0.392 e. The summed E-state index contributed by atoms with van der Waals surface area (Å²) in [5.74, 6) is -0.283. The molecule has 4 heterocycles. The number of aliphatic hydroxyl groups excluding tert-OH is 1. The summed E-state index contributed by atoms with van der Waals surface area (Å²) in [6.45, 7) is 2.79. The first-order valence-corrected chi connectivity index (χ1v) is 19.6. The Morgan fingerprint density at radius 2 is 1.54 bits per heavy atom. The van der Waals surface area contributed by atoms with Gasteiger partial charge in [-0.25, -0.2) is 9.78 Å². The molecule has 0 spiro atoms. The number of aromatic amines is 1. The predicted molar refractivity (Wildman–Crippen MR) is 218 cm³/mol. The zero-order chi connectivity index (χ0) is 38.7. The molecule has 3 atom stereocenters. The first kappa shape index (κ1) is 36.6. The molecular formula is C46H44N6O5. The Hall–Kier alpha value is -5.98. The van der Waals surface area contributed by atoms with Gasteiger partial charge in [-0.15, -0.1) is 0 Å². The minimum atomic E-state index is -0.583. The van der Waals surface area contributed by atoms with Crippen molar-refractivity contribution >= 4 is 28.0 Å². The molecule has 11 heteroatoms. The lowest BCUT2D eigenvalue weighted by molar-refractivity contribution is -0.253. The summed E-state index contributed by atoms with van der Waals surface area (Å²) in [6.07, 6.45) is 3.10. The second kappa shape index (κ2) is 16.2. The Kier molecular flexibility index (Phi) is 10.4. The van der Waals surface area contributed by atoms with E-state index in [2.05, 4.69) is 55.5 Å². The normalized spacial score (nSPS) is 19.2. The summed E-state index contributed by atoms with van der Waals surface area (Å²) in [5.41, 5.74) is 9.29. The number of rotatable bonds is 10. The van der Waals surface area contributed by atoms with Crippen LogP contribution in [0.5, 0.6) is 0 Å². The number of nitrogens with zero attached hydrogens (tertiary/aromatic N) is 4. The molecule has 11 nitrogen and oxygen atoms in total. The number of piperidine rings is 1. The zero-order valence-corrected chi connectivity index (χ0v) is 31.5. The average Bonchev–Trinajstić information content (AvgIpc) is 3.61. The second-order valence-electron chi connectivity index (χ2n) is 14.9. The molecule has 0 aliphatic carbocycles. The van der Waals surface area contributed by atoms with E-state index in [1.807, 2.05) is 95.6 Å². The molecule has 0 radical (unpaired) electrons. The van der Waals surface area contributed by atoms with E-state index in [0.29, 0.717) is 18.5 Å². The van der Waals surface area contributed by atoms with Crippen LogP contribution in [0, 0.1) is 0 Å². The predicted octanol–water partition coefficient (Wildman–Crippen LogP) is 7.24. The molecule has 2 aliphatic rings. The van der Waals surface area contributed by atoms with Gasteiger partial charge < -0.3 is 29.8 Å². The summed E-state index contributed by atoms with van der Waals surface area (Å²) >= 11 is 0. The number of imidazole rings is 1. The van der Waals surface area contributed by atoms with Gasteiger partial charge in [-0.1, -0.05) is 97.1 Å². The SMILES string of the molecule is O=C(NCc1ccccc1-c1ccc([C@H]2O[C@@H](CN3CCC(n4c(=O)[nH]c5ccccc54)CC3)C[C@@H](c3ccc(CO)cc3)O2)cc1)c1cnc2ccccc2n1. The van der Waals surface area contributed by atoms with Crippen molar-refractivity contribution in [2.24, 2.45) is 0 Å². The van der Waals surface area contributed by atoms with E-state index in [0.717, 1.165) is 82.4 Å². The number of carbonyl (C=O) groups is 1. The molecule has 0 saturated carbocycles. The van der Waals surface area contributed by atoms with Gasteiger partial charge in [-0.3, -0.25) is 14.3 Å². The van der Waals surface area contributed by atoms with Crippen LogP contribution in [0.2, 0.25) is 0 Å². The summed E-state index contributed by atoms with van der Waals surface area (Å²) in [6, 6.07) is 39.8. The number of hydrogen-bond donors (Lipinski definition) is 3. The van der Waals surface area contributed by atoms with Crippen molar-refractivity contribution in [2.75, 3.05) is 19.6 Å². The lowest BCUT2D eigenvalue weighted by Crippen LogP contribution is -2.43. The molecule has 1 amide bonds. The highest BCUT2D eigenvalue weighted by Gasteiger charge is 2.34. The monoisotopic (exact) mass is 760 g/mol. The lowest BCUT2D eigenvalue weighted by atomic mass is 9.97. The number of aliphatic hydroxyl groups is 1. The van der Waals surface area contributed by atoms with E-state index in [4.69, 9.17) is 9.47 Å². The van der Waals surface area contributed by atoms with E-state index >= 15 is 0 Å². The fraction of sp³-hybridized carbons (Fsp3) is 0.261. The van der Waals surface area contributed by atoms with Gasteiger partial charge in [-0.05, 0) is 64.9 Å².